The molecule has 0 amide bonds. The van der Waals surface area contributed by atoms with Crippen molar-refractivity contribution in [3.63, 3.8) is 0 Å². The second-order valence-corrected chi connectivity index (χ2v) is 5.05. The van der Waals surface area contributed by atoms with Crippen LogP contribution in [-0.2, 0) is 0 Å². The molecule has 0 nitrogen and oxygen atoms in total. The van der Waals surface area contributed by atoms with Gasteiger partial charge in [0.05, 0.1) is 12.8 Å². The molecular weight excluding hydrogens is 443 g/mol. The standard InChI is InChI=1S/C10H4F17/c11-3(12)1-4(13,14)2-5(15,16)6(17,18)7(19,20)8(21,22)9(23,24)10(25,26)27/h1-2H2. The molecule has 163 valence electrons. The molecule has 0 aromatic carbocycles. The fourth-order valence-corrected chi connectivity index (χ4v) is 1.50. The van der Waals surface area contributed by atoms with Gasteiger partial charge in [-0.2, -0.15) is 65.9 Å². The highest BCUT2D eigenvalue weighted by atomic mass is 19.4. The molecule has 1 radical (unpaired) electrons. The van der Waals surface area contributed by atoms with E-state index in [0.29, 0.717) is 0 Å². The quantitative estimate of drug-likeness (QED) is 0.370. The second kappa shape index (κ2) is 6.70. The molecule has 17 heteroatoms. The molecular formula is C10H4F17. The van der Waals surface area contributed by atoms with Crippen molar-refractivity contribution in [1.82, 2.24) is 0 Å². The highest BCUT2D eigenvalue weighted by Gasteiger charge is 2.91. The molecule has 0 heterocycles. The van der Waals surface area contributed by atoms with Crippen LogP contribution in [-0.4, -0.2) is 41.7 Å². The van der Waals surface area contributed by atoms with Crippen LogP contribution in [0, 0.1) is 6.43 Å². The Labute approximate surface area is 137 Å². The summed E-state index contributed by atoms with van der Waals surface area (Å²) in [6.07, 6.45) is -18.0. The smallest absolute Gasteiger partial charge is 0.206 e. The second-order valence-electron chi connectivity index (χ2n) is 5.05. The Hall–Kier alpha value is -1.19. The van der Waals surface area contributed by atoms with Crippen molar-refractivity contribution in [2.75, 3.05) is 0 Å². The zero-order valence-corrected chi connectivity index (χ0v) is 11.8. The van der Waals surface area contributed by atoms with Crippen molar-refractivity contribution in [2.45, 2.75) is 54.6 Å². The lowest BCUT2D eigenvalue weighted by Crippen LogP contribution is -2.70. The van der Waals surface area contributed by atoms with E-state index >= 15 is 0 Å². The van der Waals surface area contributed by atoms with Crippen LogP contribution in [0.1, 0.15) is 12.8 Å². The monoisotopic (exact) mass is 447 g/mol. The van der Waals surface area contributed by atoms with Crippen LogP contribution in [0.2, 0.25) is 0 Å². The normalized spacial score (nSPS) is 16.2. The van der Waals surface area contributed by atoms with Crippen molar-refractivity contribution in [3.8, 4) is 0 Å². The summed E-state index contributed by atoms with van der Waals surface area (Å²) in [6, 6.07) is 0. The lowest BCUT2D eigenvalue weighted by molar-refractivity contribution is -0.442. The van der Waals surface area contributed by atoms with Crippen molar-refractivity contribution >= 4 is 0 Å². The SMILES string of the molecule is F[C](F)CC(F)(F)CC(F)(F)C(F)(F)C(F)(F)C(F)(F)C(F)(F)C(F)(F)F. The summed E-state index contributed by atoms with van der Waals surface area (Å²) in [6.45, 7) is 0. The fraction of sp³-hybridized carbons (Fsp3) is 0.900. The summed E-state index contributed by atoms with van der Waals surface area (Å²) >= 11 is 0. The summed E-state index contributed by atoms with van der Waals surface area (Å²) in [5.74, 6) is -45.2. The third kappa shape index (κ3) is 4.30. The van der Waals surface area contributed by atoms with Crippen molar-refractivity contribution in [3.05, 3.63) is 6.43 Å². The Balaban J connectivity index is 6.16. The summed E-state index contributed by atoms with van der Waals surface area (Å²) in [7, 11) is 0. The van der Waals surface area contributed by atoms with Crippen LogP contribution in [0.25, 0.3) is 0 Å². The average molecular weight is 447 g/mol. The topological polar surface area (TPSA) is 0 Å². The van der Waals surface area contributed by atoms with Gasteiger partial charge in [-0.05, 0) is 0 Å². The van der Waals surface area contributed by atoms with E-state index in [9.17, 15) is 74.6 Å². The van der Waals surface area contributed by atoms with Crippen LogP contribution in [0.5, 0.6) is 0 Å². The third-order valence-electron chi connectivity index (χ3n) is 2.87. The van der Waals surface area contributed by atoms with E-state index in [-0.39, 0.29) is 0 Å². The molecule has 0 aromatic heterocycles. The minimum Gasteiger partial charge on any atom is -0.206 e. The largest absolute Gasteiger partial charge is 0.460 e. The van der Waals surface area contributed by atoms with Crippen molar-refractivity contribution in [1.29, 1.82) is 0 Å². The molecule has 0 bridgehead atoms. The molecule has 0 rings (SSSR count). The highest BCUT2D eigenvalue weighted by Crippen LogP contribution is 2.61. The third-order valence-corrected chi connectivity index (χ3v) is 2.87. The summed E-state index contributed by atoms with van der Waals surface area (Å²) in [4.78, 5) is 0. The first-order valence-corrected chi connectivity index (χ1v) is 5.88. The molecule has 0 saturated heterocycles. The van der Waals surface area contributed by atoms with E-state index in [2.05, 4.69) is 0 Å². The lowest BCUT2D eigenvalue weighted by Gasteiger charge is -2.40. The minimum absolute atomic E-state index is 3.03. The number of hydrogen-bond donors (Lipinski definition) is 0. The van der Waals surface area contributed by atoms with E-state index in [4.69, 9.17) is 0 Å². The first kappa shape index (κ1) is 25.8. The van der Waals surface area contributed by atoms with Gasteiger partial charge in [-0.1, -0.05) is 0 Å². The first-order valence-electron chi connectivity index (χ1n) is 5.88. The highest BCUT2D eigenvalue weighted by molar-refractivity contribution is 5.10. The van der Waals surface area contributed by atoms with E-state index in [1.165, 1.54) is 0 Å². The molecule has 0 aliphatic heterocycles. The number of rotatable bonds is 8. The molecule has 0 unspecified atom stereocenters. The fourth-order valence-electron chi connectivity index (χ4n) is 1.50. The Morgan fingerprint density at radius 2 is 0.815 bits per heavy atom. The molecule has 0 spiro atoms. The van der Waals surface area contributed by atoms with Crippen LogP contribution in [0.3, 0.4) is 0 Å². The average Bonchev–Trinajstić information content (AvgIpc) is 2.32. The maximum absolute atomic E-state index is 13.1. The van der Waals surface area contributed by atoms with Gasteiger partial charge in [0.1, 0.15) is 0 Å². The van der Waals surface area contributed by atoms with E-state index in [1.807, 2.05) is 0 Å². The molecule has 0 atom stereocenters. The van der Waals surface area contributed by atoms with Crippen LogP contribution >= 0.6 is 0 Å². The molecule has 0 saturated carbocycles. The molecule has 0 aromatic rings. The number of alkyl halides is 15. The van der Waals surface area contributed by atoms with Crippen LogP contribution in [0.15, 0.2) is 0 Å². The van der Waals surface area contributed by atoms with Crippen molar-refractivity contribution < 1.29 is 74.6 Å². The molecule has 0 aliphatic carbocycles. The first-order chi connectivity index (χ1) is 11.4. The van der Waals surface area contributed by atoms with Gasteiger partial charge < -0.3 is 0 Å². The predicted octanol–water partition coefficient (Wildman–Crippen LogP) is 6.57. The van der Waals surface area contributed by atoms with Gasteiger partial charge in [0.2, 0.25) is 0 Å². The Kier molecular flexibility index (Phi) is 6.41. The Morgan fingerprint density at radius 3 is 1.11 bits per heavy atom. The maximum atomic E-state index is 13.1. The number of halogens is 17. The molecule has 0 aliphatic rings. The van der Waals surface area contributed by atoms with Gasteiger partial charge in [-0.15, -0.1) is 0 Å². The predicted molar refractivity (Wildman–Crippen MR) is 50.4 cm³/mol. The Morgan fingerprint density at radius 1 is 0.481 bits per heavy atom. The summed E-state index contributed by atoms with van der Waals surface area (Å²) in [5.41, 5.74) is 0. The van der Waals surface area contributed by atoms with E-state index < -0.39 is 61.0 Å². The maximum Gasteiger partial charge on any atom is 0.460 e. The van der Waals surface area contributed by atoms with Gasteiger partial charge in [0.15, 0.2) is 0 Å². The lowest BCUT2D eigenvalue weighted by atomic mass is 9.91. The zero-order valence-electron chi connectivity index (χ0n) is 11.8. The minimum atomic E-state index is -8.24. The number of hydrogen-bond acceptors (Lipinski definition) is 0. The van der Waals surface area contributed by atoms with Crippen LogP contribution < -0.4 is 0 Å². The Bertz CT molecular complexity index is 512. The molecule has 0 fully saturated rings. The van der Waals surface area contributed by atoms with Gasteiger partial charge in [0, 0.05) is 0 Å². The van der Waals surface area contributed by atoms with Gasteiger partial charge >= 0.3 is 42.2 Å². The molecule has 27 heavy (non-hydrogen) atoms. The van der Waals surface area contributed by atoms with Gasteiger partial charge in [-0.3, -0.25) is 0 Å². The van der Waals surface area contributed by atoms with Gasteiger partial charge in [-0.25, -0.2) is 8.78 Å². The zero-order chi connectivity index (χ0) is 22.5. The summed E-state index contributed by atoms with van der Waals surface area (Å²) < 4.78 is 213. The van der Waals surface area contributed by atoms with Crippen LogP contribution in [0.4, 0.5) is 74.6 Å². The van der Waals surface area contributed by atoms with Crippen molar-refractivity contribution in [2.24, 2.45) is 0 Å². The van der Waals surface area contributed by atoms with Gasteiger partial charge in [0.25, 0.3) is 5.92 Å². The molecule has 0 N–H and O–H groups in total. The summed E-state index contributed by atoms with van der Waals surface area (Å²) in [5, 5.41) is 0. The van der Waals surface area contributed by atoms with E-state index in [1.54, 1.807) is 0 Å². The van der Waals surface area contributed by atoms with E-state index in [0.717, 1.165) is 0 Å².